The van der Waals surface area contributed by atoms with Crippen LogP contribution in [0.5, 0.6) is 0 Å². The average Bonchev–Trinajstić information content (AvgIpc) is 2.57. The minimum absolute atomic E-state index is 0.00282. The average molecular weight is 246 g/mol. The molecule has 0 spiro atoms. The van der Waals surface area contributed by atoms with E-state index >= 15 is 0 Å². The number of halogens is 3. The summed E-state index contributed by atoms with van der Waals surface area (Å²) in [5, 5.41) is 0.597. The van der Waals surface area contributed by atoms with Crippen molar-refractivity contribution in [1.29, 1.82) is 0 Å². The van der Waals surface area contributed by atoms with Crippen LogP contribution in [0, 0.1) is 0 Å². The molecule has 5 heteroatoms. The maximum atomic E-state index is 12.8. The summed E-state index contributed by atoms with van der Waals surface area (Å²) in [4.78, 5) is 0. The summed E-state index contributed by atoms with van der Waals surface area (Å²) in [7, 11) is 0. The fraction of sp³-hybridized carbons (Fsp3) is 0.273. The van der Waals surface area contributed by atoms with Gasteiger partial charge in [0.05, 0.1) is 5.92 Å². The minimum atomic E-state index is -2.55. The highest BCUT2D eigenvalue weighted by molar-refractivity contribution is 6.31. The second-order valence-corrected chi connectivity index (χ2v) is 3.81. The van der Waals surface area contributed by atoms with Gasteiger partial charge >= 0.3 is 0 Å². The van der Waals surface area contributed by atoms with Gasteiger partial charge in [-0.3, -0.25) is 0 Å². The number of furan rings is 1. The molecule has 0 bridgehead atoms. The van der Waals surface area contributed by atoms with Crippen molar-refractivity contribution in [2.45, 2.75) is 12.3 Å². The Labute approximate surface area is 96.0 Å². The fourth-order valence-corrected chi connectivity index (χ4v) is 2.05. The van der Waals surface area contributed by atoms with Crippen molar-refractivity contribution in [2.75, 3.05) is 6.54 Å². The van der Waals surface area contributed by atoms with Crippen LogP contribution in [-0.4, -0.2) is 13.0 Å². The van der Waals surface area contributed by atoms with Gasteiger partial charge in [0.1, 0.15) is 5.58 Å². The van der Waals surface area contributed by atoms with Gasteiger partial charge in [0, 0.05) is 17.5 Å². The maximum Gasteiger partial charge on any atom is 0.246 e. The Morgan fingerprint density at radius 2 is 2.00 bits per heavy atom. The molecule has 0 saturated heterocycles. The minimum Gasteiger partial charge on any atom is -0.444 e. The smallest absolute Gasteiger partial charge is 0.246 e. The predicted octanol–water partition coefficient (Wildman–Crippen LogP) is 3.39. The van der Waals surface area contributed by atoms with Gasteiger partial charge in [-0.05, 0) is 17.7 Å². The van der Waals surface area contributed by atoms with Crippen LogP contribution in [0.2, 0.25) is 5.22 Å². The Balaban J connectivity index is 2.62. The third-order valence-electron chi connectivity index (χ3n) is 2.52. The van der Waals surface area contributed by atoms with Crippen LogP contribution in [-0.2, 0) is 0 Å². The molecule has 1 aromatic carbocycles. The van der Waals surface area contributed by atoms with Crippen LogP contribution >= 0.6 is 11.6 Å². The van der Waals surface area contributed by atoms with E-state index in [9.17, 15) is 8.78 Å². The van der Waals surface area contributed by atoms with Crippen molar-refractivity contribution in [3.63, 3.8) is 0 Å². The van der Waals surface area contributed by atoms with Gasteiger partial charge < -0.3 is 10.2 Å². The van der Waals surface area contributed by atoms with Crippen molar-refractivity contribution >= 4 is 22.6 Å². The molecule has 0 saturated carbocycles. The molecule has 1 aromatic heterocycles. The quantitative estimate of drug-likeness (QED) is 0.900. The number of hydrogen-bond acceptors (Lipinski definition) is 2. The molecular weight excluding hydrogens is 236 g/mol. The Kier molecular flexibility index (Phi) is 3.12. The first kappa shape index (κ1) is 11.4. The molecular formula is C11H10ClF2NO. The van der Waals surface area contributed by atoms with Crippen molar-refractivity contribution in [3.8, 4) is 0 Å². The molecule has 0 radical (unpaired) electrons. The third kappa shape index (κ3) is 1.79. The highest BCUT2D eigenvalue weighted by Gasteiger charge is 2.27. The summed E-state index contributed by atoms with van der Waals surface area (Å²) in [6.07, 6.45) is -2.55. The standard InChI is InChI=1S/C11H10ClF2NO/c12-10-9(7(5-15)11(13)14)6-3-1-2-4-8(6)16-10/h1-4,7,11H,5,15H2. The first-order valence-corrected chi connectivity index (χ1v) is 5.18. The van der Waals surface area contributed by atoms with Gasteiger partial charge in [-0.25, -0.2) is 8.78 Å². The van der Waals surface area contributed by atoms with Crippen LogP contribution in [0.3, 0.4) is 0 Å². The van der Waals surface area contributed by atoms with E-state index in [2.05, 4.69) is 0 Å². The topological polar surface area (TPSA) is 39.2 Å². The molecule has 0 fully saturated rings. The van der Waals surface area contributed by atoms with E-state index in [1.165, 1.54) is 0 Å². The molecule has 2 nitrogen and oxygen atoms in total. The van der Waals surface area contributed by atoms with E-state index < -0.39 is 12.3 Å². The molecule has 1 unspecified atom stereocenters. The summed E-state index contributed by atoms with van der Waals surface area (Å²) in [6.45, 7) is -0.166. The molecule has 1 atom stereocenters. The zero-order valence-electron chi connectivity index (χ0n) is 8.29. The van der Waals surface area contributed by atoms with Gasteiger partial charge in [-0.15, -0.1) is 0 Å². The molecule has 86 valence electrons. The van der Waals surface area contributed by atoms with E-state index in [4.69, 9.17) is 21.8 Å². The summed E-state index contributed by atoms with van der Waals surface area (Å²) in [6, 6.07) is 6.89. The molecule has 16 heavy (non-hydrogen) atoms. The number of hydrogen-bond donors (Lipinski definition) is 1. The van der Waals surface area contributed by atoms with Gasteiger partial charge in [0.15, 0.2) is 5.22 Å². The Bertz CT molecular complexity index is 498. The first-order chi connectivity index (χ1) is 7.65. The number of para-hydroxylation sites is 1. The van der Waals surface area contributed by atoms with E-state index in [-0.39, 0.29) is 11.8 Å². The van der Waals surface area contributed by atoms with Gasteiger partial charge in [0.25, 0.3) is 0 Å². The van der Waals surface area contributed by atoms with Crippen LogP contribution in [0.4, 0.5) is 8.78 Å². The van der Waals surface area contributed by atoms with E-state index in [1.54, 1.807) is 24.3 Å². The largest absolute Gasteiger partial charge is 0.444 e. The van der Waals surface area contributed by atoms with Crippen LogP contribution in [0.1, 0.15) is 11.5 Å². The number of benzene rings is 1. The van der Waals surface area contributed by atoms with Crippen LogP contribution in [0.25, 0.3) is 11.0 Å². The Hall–Kier alpha value is -1.13. The number of nitrogens with two attached hydrogens (primary N) is 1. The predicted molar refractivity (Wildman–Crippen MR) is 59.0 cm³/mol. The van der Waals surface area contributed by atoms with Crippen molar-refractivity contribution < 1.29 is 13.2 Å². The SMILES string of the molecule is NCC(c1c(Cl)oc2ccccc12)C(F)F. The molecule has 0 aliphatic carbocycles. The molecule has 1 heterocycles. The van der Waals surface area contributed by atoms with E-state index in [0.29, 0.717) is 16.5 Å². The maximum absolute atomic E-state index is 12.8. The second kappa shape index (κ2) is 4.39. The lowest BCUT2D eigenvalue weighted by molar-refractivity contribution is 0.117. The highest BCUT2D eigenvalue weighted by Crippen LogP contribution is 2.37. The van der Waals surface area contributed by atoms with E-state index in [1.807, 2.05) is 0 Å². The lowest BCUT2D eigenvalue weighted by Crippen LogP contribution is -2.19. The summed E-state index contributed by atoms with van der Waals surface area (Å²) >= 11 is 5.83. The van der Waals surface area contributed by atoms with Gasteiger partial charge in [0.2, 0.25) is 6.43 Å². The van der Waals surface area contributed by atoms with Crippen molar-refractivity contribution in [1.82, 2.24) is 0 Å². The van der Waals surface area contributed by atoms with Crippen molar-refractivity contribution in [2.24, 2.45) is 5.73 Å². The number of fused-ring (bicyclic) bond motifs is 1. The normalized spacial score (nSPS) is 13.6. The number of alkyl halides is 2. The lowest BCUT2D eigenvalue weighted by atomic mass is 9.99. The fourth-order valence-electron chi connectivity index (χ4n) is 1.73. The lowest BCUT2D eigenvalue weighted by Gasteiger charge is -2.12. The van der Waals surface area contributed by atoms with Gasteiger partial charge in [-0.1, -0.05) is 18.2 Å². The molecule has 2 N–H and O–H groups in total. The monoisotopic (exact) mass is 245 g/mol. The number of rotatable bonds is 3. The zero-order chi connectivity index (χ0) is 11.7. The first-order valence-electron chi connectivity index (χ1n) is 4.80. The second-order valence-electron chi connectivity index (χ2n) is 3.46. The molecule has 2 aromatic rings. The van der Waals surface area contributed by atoms with Gasteiger partial charge in [-0.2, -0.15) is 0 Å². The van der Waals surface area contributed by atoms with Crippen LogP contribution in [0.15, 0.2) is 28.7 Å². The third-order valence-corrected chi connectivity index (χ3v) is 2.80. The van der Waals surface area contributed by atoms with Crippen LogP contribution < -0.4 is 5.73 Å². The van der Waals surface area contributed by atoms with E-state index in [0.717, 1.165) is 0 Å². The molecule has 0 aliphatic rings. The van der Waals surface area contributed by atoms with Crippen molar-refractivity contribution in [3.05, 3.63) is 35.0 Å². The Morgan fingerprint density at radius 1 is 1.31 bits per heavy atom. The summed E-state index contributed by atoms with van der Waals surface area (Å²) in [5.74, 6) is -1.09. The summed E-state index contributed by atoms with van der Waals surface area (Å²) in [5.41, 5.74) is 6.15. The molecule has 2 rings (SSSR count). The Morgan fingerprint density at radius 3 is 2.62 bits per heavy atom. The summed E-state index contributed by atoms with van der Waals surface area (Å²) < 4.78 is 30.8. The zero-order valence-corrected chi connectivity index (χ0v) is 9.05. The highest BCUT2D eigenvalue weighted by atomic mass is 35.5. The molecule has 0 amide bonds. The molecule has 0 aliphatic heterocycles.